The molecule has 0 radical (unpaired) electrons. The summed E-state index contributed by atoms with van der Waals surface area (Å²) in [6.45, 7) is 4.11. The lowest BCUT2D eigenvalue weighted by Gasteiger charge is -2.23. The summed E-state index contributed by atoms with van der Waals surface area (Å²) in [6, 6.07) is 10.5. The molecule has 0 saturated carbocycles. The van der Waals surface area contributed by atoms with E-state index < -0.39 is 17.8 Å². The second-order valence-corrected chi connectivity index (χ2v) is 5.68. The predicted octanol–water partition coefficient (Wildman–Crippen LogP) is 3.87. The van der Waals surface area contributed by atoms with Gasteiger partial charge in [0.2, 0.25) is 0 Å². The van der Waals surface area contributed by atoms with Crippen molar-refractivity contribution in [1.82, 2.24) is 0 Å². The quantitative estimate of drug-likeness (QED) is 0.900. The molecule has 0 saturated heterocycles. The number of benzene rings is 2. The molecule has 0 aromatic heterocycles. The van der Waals surface area contributed by atoms with Gasteiger partial charge in [-0.1, -0.05) is 41.9 Å². The summed E-state index contributed by atoms with van der Waals surface area (Å²) in [5.74, 6) is -1.05. The van der Waals surface area contributed by atoms with Gasteiger partial charge in [-0.3, -0.25) is 0 Å². The molecule has 0 aliphatic heterocycles. The maximum atomic E-state index is 14.2. The molecule has 0 bridgehead atoms. The second kappa shape index (κ2) is 6.56. The van der Waals surface area contributed by atoms with Gasteiger partial charge in [0.05, 0.1) is 11.1 Å². The van der Waals surface area contributed by atoms with Gasteiger partial charge in [0.15, 0.2) is 0 Å². The molecule has 2 unspecified atom stereocenters. The average molecular weight is 308 g/mol. The number of aliphatic hydroxyl groups excluding tert-OH is 1. The van der Waals surface area contributed by atoms with Crippen molar-refractivity contribution in [3.8, 4) is 0 Å². The molecule has 0 heterocycles. The predicted molar refractivity (Wildman–Crippen MR) is 84.1 cm³/mol. The minimum absolute atomic E-state index is 0.0400. The van der Waals surface area contributed by atoms with E-state index in [9.17, 15) is 9.50 Å². The number of hydrogen-bond acceptors (Lipinski definition) is 2. The fourth-order valence-corrected chi connectivity index (χ4v) is 2.60. The van der Waals surface area contributed by atoms with Crippen molar-refractivity contribution in [1.29, 1.82) is 0 Å². The molecular weight excluding hydrogens is 289 g/mol. The van der Waals surface area contributed by atoms with Crippen molar-refractivity contribution in [3.63, 3.8) is 0 Å². The van der Waals surface area contributed by atoms with Gasteiger partial charge in [0.25, 0.3) is 0 Å². The minimum atomic E-state index is -0.873. The van der Waals surface area contributed by atoms with Crippen molar-refractivity contribution in [2.75, 3.05) is 6.54 Å². The number of aliphatic hydroxyl groups is 1. The summed E-state index contributed by atoms with van der Waals surface area (Å²) in [7, 11) is 0. The molecule has 3 N–H and O–H groups in total. The van der Waals surface area contributed by atoms with Crippen molar-refractivity contribution in [2.45, 2.75) is 25.9 Å². The molecule has 2 atom stereocenters. The van der Waals surface area contributed by atoms with Crippen LogP contribution in [-0.4, -0.2) is 11.7 Å². The third-order valence-corrected chi connectivity index (χ3v) is 4.18. The van der Waals surface area contributed by atoms with Crippen LogP contribution in [0.25, 0.3) is 0 Å². The van der Waals surface area contributed by atoms with Crippen LogP contribution in [0.5, 0.6) is 0 Å². The highest BCUT2D eigenvalue weighted by Crippen LogP contribution is 2.34. The zero-order valence-corrected chi connectivity index (χ0v) is 12.9. The fraction of sp³-hybridized carbons (Fsp3) is 0.294. The fourth-order valence-electron chi connectivity index (χ4n) is 2.41. The van der Waals surface area contributed by atoms with Crippen LogP contribution in [0.15, 0.2) is 36.4 Å². The molecule has 2 rings (SSSR count). The van der Waals surface area contributed by atoms with Gasteiger partial charge in [0, 0.05) is 12.5 Å². The van der Waals surface area contributed by atoms with E-state index in [0.29, 0.717) is 5.56 Å². The highest BCUT2D eigenvalue weighted by Gasteiger charge is 2.25. The van der Waals surface area contributed by atoms with E-state index in [2.05, 4.69) is 0 Å². The van der Waals surface area contributed by atoms with Crippen molar-refractivity contribution in [2.24, 2.45) is 5.73 Å². The smallest absolute Gasteiger partial charge is 0.145 e. The first-order chi connectivity index (χ1) is 9.95. The molecular formula is C17H19ClFNO. The summed E-state index contributed by atoms with van der Waals surface area (Å²) in [5.41, 5.74) is 9.05. The van der Waals surface area contributed by atoms with Gasteiger partial charge in [0.1, 0.15) is 5.82 Å². The zero-order valence-electron chi connectivity index (χ0n) is 12.1. The van der Waals surface area contributed by atoms with Crippen LogP contribution in [0.4, 0.5) is 4.39 Å². The summed E-state index contributed by atoms with van der Waals surface area (Å²) in [4.78, 5) is 0. The Labute approximate surface area is 129 Å². The van der Waals surface area contributed by atoms with Crippen molar-refractivity contribution in [3.05, 3.63) is 69.5 Å². The molecule has 0 aliphatic rings. The molecule has 2 aromatic rings. The van der Waals surface area contributed by atoms with Crippen LogP contribution in [-0.2, 0) is 0 Å². The Bertz CT molecular complexity index is 645. The highest BCUT2D eigenvalue weighted by atomic mass is 35.5. The lowest BCUT2D eigenvalue weighted by atomic mass is 9.88. The summed E-state index contributed by atoms with van der Waals surface area (Å²) in [5, 5.41) is 10.6. The van der Waals surface area contributed by atoms with Crippen LogP contribution >= 0.6 is 11.6 Å². The normalized spacial score (nSPS) is 14.0. The van der Waals surface area contributed by atoms with E-state index in [1.54, 1.807) is 12.1 Å². The summed E-state index contributed by atoms with van der Waals surface area (Å²) in [6.07, 6.45) is -0.873. The van der Waals surface area contributed by atoms with E-state index in [1.807, 2.05) is 32.0 Å². The number of halogens is 2. The Morgan fingerprint density at radius 3 is 2.52 bits per heavy atom. The molecule has 21 heavy (non-hydrogen) atoms. The van der Waals surface area contributed by atoms with E-state index in [0.717, 1.165) is 16.7 Å². The lowest BCUT2D eigenvalue weighted by molar-refractivity contribution is 0.145. The topological polar surface area (TPSA) is 46.2 Å². The van der Waals surface area contributed by atoms with Crippen molar-refractivity contribution < 1.29 is 9.50 Å². The number of rotatable bonds is 4. The van der Waals surface area contributed by atoms with Gasteiger partial charge >= 0.3 is 0 Å². The van der Waals surface area contributed by atoms with Crippen molar-refractivity contribution >= 4 is 11.6 Å². The molecule has 0 amide bonds. The van der Waals surface area contributed by atoms with E-state index in [-0.39, 0.29) is 11.6 Å². The Morgan fingerprint density at radius 2 is 1.90 bits per heavy atom. The molecule has 2 aromatic carbocycles. The van der Waals surface area contributed by atoms with Gasteiger partial charge in [-0.2, -0.15) is 0 Å². The molecule has 2 nitrogen and oxygen atoms in total. The average Bonchev–Trinajstić information content (AvgIpc) is 2.47. The summed E-state index contributed by atoms with van der Waals surface area (Å²) >= 11 is 5.81. The SMILES string of the molecule is Cc1ccc(C(O)C(CN)c2cccc(Cl)c2F)cc1C. The van der Waals surface area contributed by atoms with Gasteiger partial charge in [-0.15, -0.1) is 0 Å². The number of aryl methyl sites for hydroxylation is 2. The second-order valence-electron chi connectivity index (χ2n) is 5.27. The van der Waals surface area contributed by atoms with Crippen LogP contribution in [0, 0.1) is 19.7 Å². The third kappa shape index (κ3) is 3.26. The maximum absolute atomic E-state index is 14.2. The van der Waals surface area contributed by atoms with Crippen LogP contribution in [0.1, 0.15) is 34.3 Å². The van der Waals surface area contributed by atoms with Gasteiger partial charge in [-0.25, -0.2) is 4.39 Å². The highest BCUT2D eigenvalue weighted by molar-refractivity contribution is 6.30. The van der Waals surface area contributed by atoms with Crippen LogP contribution in [0.2, 0.25) is 5.02 Å². The molecule has 0 fully saturated rings. The van der Waals surface area contributed by atoms with Gasteiger partial charge < -0.3 is 10.8 Å². The Kier molecular flexibility index (Phi) is 4.99. The Hall–Kier alpha value is -1.42. The summed E-state index contributed by atoms with van der Waals surface area (Å²) < 4.78 is 14.2. The van der Waals surface area contributed by atoms with E-state index >= 15 is 0 Å². The number of nitrogens with two attached hydrogens (primary N) is 1. The first-order valence-corrected chi connectivity index (χ1v) is 7.22. The number of hydrogen-bond donors (Lipinski definition) is 2. The molecule has 0 aliphatic carbocycles. The van der Waals surface area contributed by atoms with E-state index in [1.165, 1.54) is 6.07 Å². The Balaban J connectivity index is 2.40. The largest absolute Gasteiger partial charge is 0.388 e. The zero-order chi connectivity index (χ0) is 15.6. The maximum Gasteiger partial charge on any atom is 0.145 e. The van der Waals surface area contributed by atoms with E-state index in [4.69, 9.17) is 17.3 Å². The monoisotopic (exact) mass is 307 g/mol. The molecule has 112 valence electrons. The third-order valence-electron chi connectivity index (χ3n) is 3.89. The van der Waals surface area contributed by atoms with Gasteiger partial charge in [-0.05, 0) is 42.2 Å². The molecule has 0 spiro atoms. The van der Waals surface area contributed by atoms with Crippen LogP contribution in [0.3, 0.4) is 0 Å². The van der Waals surface area contributed by atoms with Crippen LogP contribution < -0.4 is 5.73 Å². The standard InChI is InChI=1S/C17H19ClFNO/c1-10-6-7-12(8-11(10)2)17(21)14(9-20)13-4-3-5-15(18)16(13)19/h3-8,14,17,21H,9,20H2,1-2H3. The Morgan fingerprint density at radius 1 is 1.19 bits per heavy atom. The molecule has 4 heteroatoms. The first-order valence-electron chi connectivity index (χ1n) is 6.85. The minimum Gasteiger partial charge on any atom is -0.388 e. The first kappa shape index (κ1) is 16.0. The lowest BCUT2D eigenvalue weighted by Crippen LogP contribution is -2.21.